The average molecular weight is 479 g/mol. The Morgan fingerprint density at radius 1 is 0.971 bits per heavy atom. The highest BCUT2D eigenvalue weighted by molar-refractivity contribution is 5.86. The number of fused-ring (bicyclic) bond motifs is 3. The fraction of sp³-hybridized carbons (Fsp3) is 0.464. The molecule has 1 saturated carbocycles. The van der Waals surface area contributed by atoms with Crippen LogP contribution in [0.15, 0.2) is 48.5 Å². The van der Waals surface area contributed by atoms with E-state index in [0.29, 0.717) is 6.54 Å². The Balaban J connectivity index is 1.32. The van der Waals surface area contributed by atoms with E-state index < -0.39 is 23.5 Å². The SMILES string of the molecule is CC(C)(C)[C@@H](NC(=O)OCC1c2ccccc2-c2ccccc21)C(=O)NCC1CC(CC(=O)O)C1. The molecule has 0 aromatic heterocycles. The molecule has 7 heteroatoms. The predicted molar refractivity (Wildman–Crippen MR) is 133 cm³/mol. The van der Waals surface area contributed by atoms with Crippen LogP contribution in [0, 0.1) is 17.3 Å². The molecule has 2 aliphatic carbocycles. The van der Waals surface area contributed by atoms with Gasteiger partial charge in [-0.3, -0.25) is 9.59 Å². The topological polar surface area (TPSA) is 105 Å². The molecule has 1 atom stereocenters. The van der Waals surface area contributed by atoms with E-state index in [1.807, 2.05) is 45.0 Å². The maximum Gasteiger partial charge on any atom is 0.407 e. The number of amides is 2. The van der Waals surface area contributed by atoms with Gasteiger partial charge in [-0.1, -0.05) is 69.3 Å². The first-order valence-corrected chi connectivity index (χ1v) is 12.2. The Hall–Kier alpha value is -3.35. The largest absolute Gasteiger partial charge is 0.481 e. The van der Waals surface area contributed by atoms with Crippen molar-refractivity contribution in [3.05, 3.63) is 59.7 Å². The van der Waals surface area contributed by atoms with Crippen molar-refractivity contribution in [2.75, 3.05) is 13.2 Å². The highest BCUT2D eigenvalue weighted by Gasteiger charge is 2.36. The Morgan fingerprint density at radius 3 is 2.09 bits per heavy atom. The quantitative estimate of drug-likeness (QED) is 0.516. The molecule has 3 N–H and O–H groups in total. The normalized spacial score (nSPS) is 19.6. The molecular weight excluding hydrogens is 444 g/mol. The zero-order valence-electron chi connectivity index (χ0n) is 20.5. The lowest BCUT2D eigenvalue weighted by Gasteiger charge is -2.36. The van der Waals surface area contributed by atoms with Crippen molar-refractivity contribution >= 4 is 18.0 Å². The number of nitrogens with one attached hydrogen (secondary N) is 2. The van der Waals surface area contributed by atoms with Gasteiger partial charge in [-0.2, -0.15) is 0 Å². The zero-order chi connectivity index (χ0) is 25.2. The van der Waals surface area contributed by atoms with E-state index in [-0.39, 0.29) is 36.7 Å². The Kier molecular flexibility index (Phi) is 7.15. The third-order valence-corrected chi connectivity index (χ3v) is 7.10. The Bertz CT molecular complexity index is 1060. The molecule has 0 unspecified atom stereocenters. The fourth-order valence-electron chi connectivity index (χ4n) is 5.23. The van der Waals surface area contributed by atoms with Gasteiger partial charge < -0.3 is 20.5 Å². The van der Waals surface area contributed by atoms with Crippen LogP contribution in [0.25, 0.3) is 11.1 Å². The summed E-state index contributed by atoms with van der Waals surface area (Å²) >= 11 is 0. The molecule has 2 aromatic rings. The highest BCUT2D eigenvalue weighted by atomic mass is 16.5. The van der Waals surface area contributed by atoms with Crippen LogP contribution in [0.3, 0.4) is 0 Å². The van der Waals surface area contributed by atoms with E-state index >= 15 is 0 Å². The number of benzene rings is 2. The summed E-state index contributed by atoms with van der Waals surface area (Å²) in [5.74, 6) is -0.622. The van der Waals surface area contributed by atoms with Crippen LogP contribution in [0.1, 0.15) is 57.1 Å². The summed E-state index contributed by atoms with van der Waals surface area (Å²) in [6, 6.07) is 15.5. The minimum Gasteiger partial charge on any atom is -0.481 e. The summed E-state index contributed by atoms with van der Waals surface area (Å²) < 4.78 is 5.64. The van der Waals surface area contributed by atoms with Crippen molar-refractivity contribution in [3.63, 3.8) is 0 Å². The third kappa shape index (κ3) is 5.66. The predicted octanol–water partition coefficient (Wildman–Crippen LogP) is 4.56. The van der Waals surface area contributed by atoms with Crippen LogP contribution in [0.4, 0.5) is 4.79 Å². The molecule has 0 spiro atoms. The lowest BCUT2D eigenvalue weighted by Crippen LogP contribution is -2.54. The number of rotatable bonds is 8. The van der Waals surface area contributed by atoms with Crippen LogP contribution >= 0.6 is 0 Å². The number of ether oxygens (including phenoxy) is 1. The number of alkyl carbamates (subject to hydrolysis) is 1. The van der Waals surface area contributed by atoms with Gasteiger partial charge in [0, 0.05) is 18.9 Å². The molecule has 2 aliphatic rings. The number of hydrogen-bond acceptors (Lipinski definition) is 4. The van der Waals surface area contributed by atoms with Crippen molar-refractivity contribution in [2.24, 2.45) is 17.3 Å². The van der Waals surface area contributed by atoms with Gasteiger partial charge >= 0.3 is 12.1 Å². The van der Waals surface area contributed by atoms with E-state index in [1.54, 1.807) is 0 Å². The minimum absolute atomic E-state index is 0.0487. The van der Waals surface area contributed by atoms with Crippen molar-refractivity contribution in [2.45, 2.75) is 52.0 Å². The van der Waals surface area contributed by atoms with E-state index in [1.165, 1.54) is 0 Å². The molecule has 35 heavy (non-hydrogen) atoms. The van der Waals surface area contributed by atoms with Crippen LogP contribution in [0.2, 0.25) is 0 Å². The summed E-state index contributed by atoms with van der Waals surface area (Å²) in [6.45, 7) is 6.35. The van der Waals surface area contributed by atoms with E-state index in [2.05, 4.69) is 34.9 Å². The van der Waals surface area contributed by atoms with Gasteiger partial charge in [0.25, 0.3) is 0 Å². The van der Waals surface area contributed by atoms with Gasteiger partial charge in [0.15, 0.2) is 0 Å². The first-order chi connectivity index (χ1) is 16.6. The molecule has 0 bridgehead atoms. The summed E-state index contributed by atoms with van der Waals surface area (Å²) in [5, 5.41) is 14.6. The monoisotopic (exact) mass is 478 g/mol. The van der Waals surface area contributed by atoms with E-state index in [9.17, 15) is 14.4 Å². The summed E-state index contributed by atoms with van der Waals surface area (Å²) in [4.78, 5) is 36.5. The van der Waals surface area contributed by atoms with Crippen LogP contribution in [0.5, 0.6) is 0 Å². The first-order valence-electron chi connectivity index (χ1n) is 12.2. The lowest BCUT2D eigenvalue weighted by molar-refractivity contribution is -0.139. The second-order valence-electron chi connectivity index (χ2n) is 10.8. The molecule has 0 saturated heterocycles. The fourth-order valence-corrected chi connectivity index (χ4v) is 5.23. The van der Waals surface area contributed by atoms with Gasteiger partial charge in [0.05, 0.1) is 0 Å². The molecule has 2 amide bonds. The first kappa shape index (κ1) is 24.8. The summed E-state index contributed by atoms with van der Waals surface area (Å²) in [6.07, 6.45) is 1.16. The lowest BCUT2D eigenvalue weighted by atomic mass is 9.73. The average Bonchev–Trinajstić information content (AvgIpc) is 3.10. The molecule has 186 valence electrons. The number of aliphatic carboxylic acids is 1. The van der Waals surface area contributed by atoms with Gasteiger partial charge in [-0.05, 0) is 52.3 Å². The van der Waals surface area contributed by atoms with Crippen LogP contribution in [-0.2, 0) is 14.3 Å². The van der Waals surface area contributed by atoms with Crippen LogP contribution < -0.4 is 10.6 Å². The van der Waals surface area contributed by atoms with Gasteiger partial charge in [0.2, 0.25) is 5.91 Å². The number of hydrogen-bond donors (Lipinski definition) is 3. The maximum atomic E-state index is 12.9. The maximum absolute atomic E-state index is 12.9. The second kappa shape index (κ2) is 10.1. The van der Waals surface area contributed by atoms with Crippen molar-refractivity contribution in [1.82, 2.24) is 10.6 Å². The van der Waals surface area contributed by atoms with Crippen molar-refractivity contribution in [3.8, 4) is 11.1 Å². The number of carbonyl (C=O) groups excluding carboxylic acids is 2. The highest BCUT2D eigenvalue weighted by Crippen LogP contribution is 2.44. The molecule has 4 rings (SSSR count). The molecule has 0 heterocycles. The second-order valence-corrected chi connectivity index (χ2v) is 10.8. The third-order valence-electron chi connectivity index (χ3n) is 7.10. The molecule has 0 radical (unpaired) electrons. The van der Waals surface area contributed by atoms with Gasteiger partial charge in [-0.15, -0.1) is 0 Å². The molecule has 1 fully saturated rings. The number of carboxylic acids is 1. The van der Waals surface area contributed by atoms with E-state index in [4.69, 9.17) is 9.84 Å². The molecule has 2 aromatic carbocycles. The van der Waals surface area contributed by atoms with E-state index in [0.717, 1.165) is 35.1 Å². The summed E-state index contributed by atoms with van der Waals surface area (Å²) in [5.41, 5.74) is 4.07. The van der Waals surface area contributed by atoms with Gasteiger partial charge in [0.1, 0.15) is 12.6 Å². The van der Waals surface area contributed by atoms with Crippen molar-refractivity contribution in [1.29, 1.82) is 0 Å². The molecular formula is C28H34N2O5. The summed E-state index contributed by atoms with van der Waals surface area (Å²) in [7, 11) is 0. The number of carbonyl (C=O) groups is 3. The Morgan fingerprint density at radius 2 is 1.54 bits per heavy atom. The molecule has 7 nitrogen and oxygen atoms in total. The van der Waals surface area contributed by atoms with Gasteiger partial charge in [-0.25, -0.2) is 4.79 Å². The number of carboxylic acid groups (broad SMARTS) is 1. The Labute approximate surface area is 206 Å². The van der Waals surface area contributed by atoms with Crippen LogP contribution in [-0.4, -0.2) is 42.3 Å². The minimum atomic E-state index is -0.780. The standard InChI is InChI=1S/C28H34N2O5/c1-28(2,3)25(26(33)29-15-18-12-17(13-18)14-24(31)32)30-27(34)35-16-23-21-10-6-4-8-19(21)20-9-5-7-11-22(20)23/h4-11,17-18,23,25H,12-16H2,1-3H3,(H,29,33)(H,30,34)(H,31,32)/t17?,18?,25-/m0/s1. The smallest absolute Gasteiger partial charge is 0.407 e. The zero-order valence-corrected chi connectivity index (χ0v) is 20.5. The molecule has 0 aliphatic heterocycles. The van der Waals surface area contributed by atoms with Crippen molar-refractivity contribution < 1.29 is 24.2 Å².